The van der Waals surface area contributed by atoms with Gasteiger partial charge in [0.05, 0.1) is 6.54 Å². The lowest BCUT2D eigenvalue weighted by Gasteiger charge is -2.19. The summed E-state index contributed by atoms with van der Waals surface area (Å²) in [5, 5.41) is 7.84. The van der Waals surface area contributed by atoms with Crippen LogP contribution in [0.3, 0.4) is 0 Å². The summed E-state index contributed by atoms with van der Waals surface area (Å²) in [7, 11) is 0. The molecule has 3 N–H and O–H groups in total. The Balaban J connectivity index is 2.56. The van der Waals surface area contributed by atoms with Crippen LogP contribution in [0.4, 0.5) is 10.5 Å². The Labute approximate surface area is 149 Å². The summed E-state index contributed by atoms with van der Waals surface area (Å²) in [6.45, 7) is 9.54. The van der Waals surface area contributed by atoms with E-state index in [2.05, 4.69) is 16.0 Å². The molecule has 0 fully saturated rings. The third-order valence-corrected chi connectivity index (χ3v) is 3.54. The average Bonchev–Trinajstić information content (AvgIpc) is 2.59. The van der Waals surface area contributed by atoms with Crippen molar-refractivity contribution in [3.63, 3.8) is 0 Å². The number of nitrogens with one attached hydrogen (secondary N) is 3. The number of carbonyl (C=O) groups excluding carboxylic acids is 3. The molecule has 25 heavy (non-hydrogen) atoms. The van der Waals surface area contributed by atoms with Gasteiger partial charge in [0.1, 0.15) is 0 Å². The number of urea groups is 1. The van der Waals surface area contributed by atoms with Gasteiger partial charge in [-0.2, -0.15) is 0 Å². The second kappa shape index (κ2) is 10.3. The van der Waals surface area contributed by atoms with Gasteiger partial charge in [0.25, 0.3) is 5.91 Å². The second-order valence-electron chi connectivity index (χ2n) is 6.06. The van der Waals surface area contributed by atoms with Crippen molar-refractivity contribution in [2.45, 2.75) is 27.7 Å². The first-order valence-electron chi connectivity index (χ1n) is 8.58. The molecule has 0 bridgehead atoms. The van der Waals surface area contributed by atoms with Crippen LogP contribution in [0.5, 0.6) is 0 Å². The Morgan fingerprint density at radius 2 is 1.76 bits per heavy atom. The molecule has 0 unspecified atom stereocenters. The zero-order valence-corrected chi connectivity index (χ0v) is 15.4. The van der Waals surface area contributed by atoms with Gasteiger partial charge in [0, 0.05) is 30.9 Å². The van der Waals surface area contributed by atoms with Crippen LogP contribution in [0, 0.1) is 5.92 Å². The fourth-order valence-corrected chi connectivity index (χ4v) is 2.14. The van der Waals surface area contributed by atoms with Gasteiger partial charge >= 0.3 is 6.03 Å². The van der Waals surface area contributed by atoms with Crippen molar-refractivity contribution in [2.24, 2.45) is 5.92 Å². The van der Waals surface area contributed by atoms with Crippen LogP contribution in [0.15, 0.2) is 24.3 Å². The molecular weight excluding hydrogens is 320 g/mol. The highest BCUT2D eigenvalue weighted by atomic mass is 16.2. The van der Waals surface area contributed by atoms with Gasteiger partial charge in [-0.3, -0.25) is 9.59 Å². The quantitative estimate of drug-likeness (QED) is 0.672. The minimum absolute atomic E-state index is 0.0814. The SMILES string of the molecule is CCN(CC)C(=O)c1cccc(NC(=O)NCC(=O)NCC(C)C)c1. The number of rotatable bonds is 8. The molecule has 4 amide bonds. The first-order valence-corrected chi connectivity index (χ1v) is 8.58. The summed E-state index contributed by atoms with van der Waals surface area (Å²) in [6, 6.07) is 6.24. The van der Waals surface area contributed by atoms with E-state index in [1.54, 1.807) is 29.2 Å². The van der Waals surface area contributed by atoms with E-state index in [9.17, 15) is 14.4 Å². The molecule has 0 aliphatic carbocycles. The normalized spacial score (nSPS) is 10.3. The summed E-state index contributed by atoms with van der Waals surface area (Å²) in [5.74, 6) is 0.0280. The van der Waals surface area contributed by atoms with Crippen LogP contribution in [0.25, 0.3) is 0 Å². The zero-order valence-electron chi connectivity index (χ0n) is 15.4. The fourth-order valence-electron chi connectivity index (χ4n) is 2.14. The van der Waals surface area contributed by atoms with E-state index in [-0.39, 0.29) is 18.4 Å². The molecule has 0 aromatic heterocycles. The molecule has 0 radical (unpaired) electrons. The molecule has 0 spiro atoms. The Hall–Kier alpha value is -2.57. The number of hydrogen-bond acceptors (Lipinski definition) is 3. The van der Waals surface area contributed by atoms with E-state index in [0.717, 1.165) is 0 Å². The van der Waals surface area contributed by atoms with Crippen LogP contribution < -0.4 is 16.0 Å². The maximum Gasteiger partial charge on any atom is 0.319 e. The number of amides is 4. The van der Waals surface area contributed by atoms with Gasteiger partial charge in [-0.25, -0.2) is 4.79 Å². The van der Waals surface area contributed by atoms with E-state index in [4.69, 9.17) is 0 Å². The van der Waals surface area contributed by atoms with E-state index in [0.29, 0.717) is 36.8 Å². The van der Waals surface area contributed by atoms with Crippen LogP contribution >= 0.6 is 0 Å². The molecule has 0 aliphatic rings. The van der Waals surface area contributed by atoms with Gasteiger partial charge in [0.2, 0.25) is 5.91 Å². The van der Waals surface area contributed by atoms with Crippen molar-refractivity contribution in [2.75, 3.05) is 31.5 Å². The van der Waals surface area contributed by atoms with Gasteiger partial charge in [-0.1, -0.05) is 19.9 Å². The smallest absolute Gasteiger partial charge is 0.319 e. The largest absolute Gasteiger partial charge is 0.354 e. The highest BCUT2D eigenvalue weighted by Gasteiger charge is 2.13. The molecular formula is C18H28N4O3. The Bertz CT molecular complexity index is 598. The van der Waals surface area contributed by atoms with Gasteiger partial charge < -0.3 is 20.9 Å². The summed E-state index contributed by atoms with van der Waals surface area (Å²) in [5.41, 5.74) is 1.01. The molecule has 7 nitrogen and oxygen atoms in total. The molecule has 0 saturated heterocycles. The highest BCUT2D eigenvalue weighted by molar-refractivity contribution is 5.97. The topological polar surface area (TPSA) is 90.5 Å². The summed E-state index contributed by atoms with van der Waals surface area (Å²) in [4.78, 5) is 37.5. The standard InChI is InChI=1S/C18H28N4O3/c1-5-22(6-2)17(24)14-8-7-9-15(10-14)21-18(25)20-12-16(23)19-11-13(3)4/h7-10,13H,5-6,11-12H2,1-4H3,(H,19,23)(H2,20,21,25). The predicted octanol–water partition coefficient (Wildman–Crippen LogP) is 2.06. The molecule has 1 rings (SSSR count). The molecule has 0 atom stereocenters. The highest BCUT2D eigenvalue weighted by Crippen LogP contribution is 2.12. The summed E-state index contributed by atoms with van der Waals surface area (Å²) >= 11 is 0. The maximum atomic E-state index is 12.3. The zero-order chi connectivity index (χ0) is 18.8. The first-order chi connectivity index (χ1) is 11.9. The van der Waals surface area contributed by atoms with Crippen molar-refractivity contribution >= 4 is 23.5 Å². The summed E-state index contributed by atoms with van der Waals surface area (Å²) < 4.78 is 0. The molecule has 0 heterocycles. The maximum absolute atomic E-state index is 12.3. The molecule has 138 valence electrons. The predicted molar refractivity (Wildman–Crippen MR) is 98.6 cm³/mol. The second-order valence-corrected chi connectivity index (χ2v) is 6.06. The van der Waals surface area contributed by atoms with Crippen LogP contribution in [0.1, 0.15) is 38.1 Å². The lowest BCUT2D eigenvalue weighted by Crippen LogP contribution is -2.40. The molecule has 1 aromatic carbocycles. The minimum Gasteiger partial charge on any atom is -0.354 e. The average molecular weight is 348 g/mol. The Morgan fingerprint density at radius 3 is 2.36 bits per heavy atom. The minimum atomic E-state index is -0.493. The number of anilines is 1. The van der Waals surface area contributed by atoms with E-state index in [1.807, 2.05) is 27.7 Å². The van der Waals surface area contributed by atoms with E-state index >= 15 is 0 Å². The number of benzene rings is 1. The number of carbonyl (C=O) groups is 3. The monoisotopic (exact) mass is 348 g/mol. The van der Waals surface area contributed by atoms with E-state index < -0.39 is 6.03 Å². The van der Waals surface area contributed by atoms with Crippen molar-refractivity contribution in [1.82, 2.24) is 15.5 Å². The first kappa shape index (κ1) is 20.5. The van der Waals surface area contributed by atoms with Crippen LogP contribution in [0.2, 0.25) is 0 Å². The molecule has 0 aliphatic heterocycles. The van der Waals surface area contributed by atoms with Crippen LogP contribution in [-0.4, -0.2) is 48.9 Å². The fraction of sp³-hybridized carbons (Fsp3) is 0.500. The van der Waals surface area contributed by atoms with Crippen molar-refractivity contribution in [3.8, 4) is 0 Å². The molecule has 1 aromatic rings. The lowest BCUT2D eigenvalue weighted by molar-refractivity contribution is -0.120. The Kier molecular flexibility index (Phi) is 8.46. The summed E-state index contributed by atoms with van der Waals surface area (Å²) in [6.07, 6.45) is 0. The lowest BCUT2D eigenvalue weighted by atomic mass is 10.1. The van der Waals surface area contributed by atoms with Crippen molar-refractivity contribution in [1.29, 1.82) is 0 Å². The number of nitrogens with zero attached hydrogens (tertiary/aromatic N) is 1. The van der Waals surface area contributed by atoms with E-state index in [1.165, 1.54) is 0 Å². The van der Waals surface area contributed by atoms with Gasteiger partial charge in [-0.05, 0) is 38.0 Å². The van der Waals surface area contributed by atoms with Gasteiger partial charge in [-0.15, -0.1) is 0 Å². The third kappa shape index (κ3) is 7.24. The van der Waals surface area contributed by atoms with Crippen molar-refractivity contribution in [3.05, 3.63) is 29.8 Å². The van der Waals surface area contributed by atoms with Crippen molar-refractivity contribution < 1.29 is 14.4 Å². The Morgan fingerprint density at radius 1 is 1.08 bits per heavy atom. The molecule has 0 saturated carbocycles. The van der Waals surface area contributed by atoms with Gasteiger partial charge in [0.15, 0.2) is 0 Å². The molecule has 7 heteroatoms. The van der Waals surface area contributed by atoms with Crippen LogP contribution in [-0.2, 0) is 4.79 Å². The third-order valence-electron chi connectivity index (χ3n) is 3.54. The number of hydrogen-bond donors (Lipinski definition) is 3.